The molecular weight excluding hydrogens is 294 g/mol. The molecule has 0 aliphatic heterocycles. The zero-order valence-corrected chi connectivity index (χ0v) is 11.1. The second kappa shape index (κ2) is 5.49. The van der Waals surface area contributed by atoms with E-state index in [1.807, 2.05) is 0 Å². The highest BCUT2D eigenvalue weighted by Gasteiger charge is 2.18. The van der Waals surface area contributed by atoms with E-state index in [9.17, 15) is 13.6 Å². The molecule has 0 atom stereocenters. The first kappa shape index (κ1) is 14.1. The van der Waals surface area contributed by atoms with Crippen molar-refractivity contribution in [1.82, 2.24) is 20.0 Å². The topological polar surface area (TPSA) is 80.0 Å². The number of hydrogen-bond acceptors (Lipinski definition) is 4. The Morgan fingerprint density at radius 2 is 2.14 bits per heavy atom. The highest BCUT2D eigenvalue weighted by Crippen LogP contribution is 2.19. The van der Waals surface area contributed by atoms with Crippen molar-refractivity contribution in [3.8, 4) is 0 Å². The Labute approximate surface area is 123 Å². The van der Waals surface area contributed by atoms with Gasteiger partial charge in [-0.3, -0.25) is 15.0 Å². The van der Waals surface area contributed by atoms with Crippen LogP contribution < -0.4 is 5.48 Å². The molecule has 8 heteroatoms. The van der Waals surface area contributed by atoms with Crippen LogP contribution in [0.5, 0.6) is 0 Å². The van der Waals surface area contributed by atoms with E-state index in [0.29, 0.717) is 11.0 Å². The fourth-order valence-corrected chi connectivity index (χ4v) is 2.17. The quantitative estimate of drug-likeness (QED) is 0.572. The summed E-state index contributed by atoms with van der Waals surface area (Å²) in [5.41, 5.74) is 2.63. The number of carbonyl (C=O) groups is 1. The Kier molecular flexibility index (Phi) is 3.51. The monoisotopic (exact) mass is 304 g/mol. The summed E-state index contributed by atoms with van der Waals surface area (Å²) in [6, 6.07) is 4.76. The molecule has 0 spiro atoms. The van der Waals surface area contributed by atoms with Gasteiger partial charge in [0.2, 0.25) is 5.82 Å². The van der Waals surface area contributed by atoms with Gasteiger partial charge in [0.25, 0.3) is 0 Å². The van der Waals surface area contributed by atoms with E-state index in [2.05, 4.69) is 9.97 Å². The summed E-state index contributed by atoms with van der Waals surface area (Å²) in [6.07, 6.45) is 2.97. The summed E-state index contributed by atoms with van der Waals surface area (Å²) < 4.78 is 28.2. The third-order valence-corrected chi connectivity index (χ3v) is 3.20. The van der Waals surface area contributed by atoms with Gasteiger partial charge < -0.3 is 4.57 Å². The number of benzene rings is 1. The summed E-state index contributed by atoms with van der Waals surface area (Å²) in [7, 11) is 0. The summed E-state index contributed by atoms with van der Waals surface area (Å²) in [6.45, 7) is -0.0585. The smallest absolute Gasteiger partial charge is 0.310 e. The van der Waals surface area contributed by atoms with E-state index in [-0.39, 0.29) is 17.9 Å². The molecule has 0 radical (unpaired) electrons. The molecule has 0 bridgehead atoms. The molecule has 2 N–H and O–H groups in total. The Balaban J connectivity index is 2.14. The average molecular weight is 304 g/mol. The normalized spacial score (nSPS) is 10.9. The maximum absolute atomic E-state index is 13.8. The number of pyridine rings is 1. The molecule has 112 valence electrons. The van der Waals surface area contributed by atoms with Gasteiger partial charge >= 0.3 is 5.91 Å². The Bertz CT molecular complexity index is 863. The number of hydrogen-bond donors (Lipinski definition) is 2. The Morgan fingerprint density at radius 3 is 2.86 bits per heavy atom. The molecule has 0 aliphatic rings. The molecule has 2 heterocycles. The number of nitrogens with one attached hydrogen (secondary N) is 1. The highest BCUT2D eigenvalue weighted by molar-refractivity contribution is 5.94. The molecule has 0 saturated heterocycles. The number of halogens is 2. The summed E-state index contributed by atoms with van der Waals surface area (Å²) in [4.78, 5) is 19.7. The fraction of sp³-hybridized carbons (Fsp3) is 0.0714. The van der Waals surface area contributed by atoms with Crippen molar-refractivity contribution >= 4 is 16.9 Å². The molecule has 1 amide bonds. The minimum Gasteiger partial charge on any atom is -0.314 e. The minimum absolute atomic E-state index is 0.0585. The van der Waals surface area contributed by atoms with Gasteiger partial charge in [-0.15, -0.1) is 0 Å². The Morgan fingerprint density at radius 1 is 1.32 bits per heavy atom. The van der Waals surface area contributed by atoms with Crippen molar-refractivity contribution in [3.05, 3.63) is 59.7 Å². The second-order valence-electron chi connectivity index (χ2n) is 4.56. The van der Waals surface area contributed by atoms with Crippen molar-refractivity contribution in [2.45, 2.75) is 6.54 Å². The van der Waals surface area contributed by atoms with Crippen LogP contribution in [0.1, 0.15) is 16.2 Å². The zero-order valence-electron chi connectivity index (χ0n) is 11.1. The highest BCUT2D eigenvalue weighted by atomic mass is 19.1. The van der Waals surface area contributed by atoms with Crippen molar-refractivity contribution in [2.75, 3.05) is 0 Å². The van der Waals surface area contributed by atoms with Crippen LogP contribution in [-0.2, 0) is 6.54 Å². The Hall–Kier alpha value is -2.87. The number of hydroxylamine groups is 1. The number of fused-ring (bicyclic) bond motifs is 1. The third kappa shape index (κ3) is 2.40. The molecule has 0 fully saturated rings. The van der Waals surface area contributed by atoms with E-state index < -0.39 is 17.5 Å². The second-order valence-corrected chi connectivity index (χ2v) is 4.56. The van der Waals surface area contributed by atoms with Crippen LogP contribution >= 0.6 is 0 Å². The largest absolute Gasteiger partial charge is 0.314 e. The lowest BCUT2D eigenvalue weighted by Gasteiger charge is -2.09. The maximum atomic E-state index is 13.8. The molecule has 3 rings (SSSR count). The molecule has 3 aromatic rings. The van der Waals surface area contributed by atoms with Crippen molar-refractivity contribution in [1.29, 1.82) is 0 Å². The molecule has 0 unspecified atom stereocenters. The maximum Gasteiger partial charge on any atom is 0.310 e. The molecule has 2 aromatic heterocycles. The molecule has 1 aromatic carbocycles. The van der Waals surface area contributed by atoms with Gasteiger partial charge in [-0.25, -0.2) is 19.2 Å². The predicted octanol–water partition coefficient (Wildman–Crippen LogP) is 1.88. The number of imidazole rings is 1. The SMILES string of the molecule is O=C(NO)c1nc2ccncc2n1Cc1ccc(F)cc1F. The van der Waals surface area contributed by atoms with Gasteiger partial charge in [-0.1, -0.05) is 6.07 Å². The number of amides is 1. The standard InChI is InChI=1S/C14H10F2N4O2/c15-9-2-1-8(10(16)5-9)7-20-12-6-17-4-3-11(12)18-13(20)14(21)19-22/h1-6,22H,7H2,(H,19,21). The summed E-state index contributed by atoms with van der Waals surface area (Å²) >= 11 is 0. The first-order chi connectivity index (χ1) is 10.6. The number of nitrogens with zero attached hydrogens (tertiary/aromatic N) is 3. The predicted molar refractivity (Wildman–Crippen MR) is 72.2 cm³/mol. The average Bonchev–Trinajstić information content (AvgIpc) is 2.88. The van der Waals surface area contributed by atoms with Crippen LogP contribution in [0.2, 0.25) is 0 Å². The molecule has 0 saturated carbocycles. The fourth-order valence-electron chi connectivity index (χ4n) is 2.17. The van der Waals surface area contributed by atoms with E-state index in [1.165, 1.54) is 28.5 Å². The lowest BCUT2D eigenvalue weighted by atomic mass is 10.2. The minimum atomic E-state index is -0.835. The van der Waals surface area contributed by atoms with Gasteiger partial charge in [-0.05, 0) is 12.1 Å². The lowest BCUT2D eigenvalue weighted by Crippen LogP contribution is -2.23. The van der Waals surface area contributed by atoms with Crippen molar-refractivity contribution in [2.24, 2.45) is 0 Å². The first-order valence-corrected chi connectivity index (χ1v) is 6.29. The van der Waals surface area contributed by atoms with E-state index in [4.69, 9.17) is 5.21 Å². The summed E-state index contributed by atoms with van der Waals surface area (Å²) in [5.74, 6) is -2.36. The first-order valence-electron chi connectivity index (χ1n) is 6.29. The molecule has 22 heavy (non-hydrogen) atoms. The zero-order chi connectivity index (χ0) is 15.7. The molecule has 0 aliphatic carbocycles. The van der Waals surface area contributed by atoms with E-state index in [1.54, 1.807) is 6.07 Å². The summed E-state index contributed by atoms with van der Waals surface area (Å²) in [5, 5.41) is 8.80. The number of rotatable bonds is 3. The van der Waals surface area contributed by atoms with Gasteiger partial charge in [0.15, 0.2) is 0 Å². The van der Waals surface area contributed by atoms with Crippen molar-refractivity contribution in [3.63, 3.8) is 0 Å². The van der Waals surface area contributed by atoms with Crippen LogP contribution in [-0.4, -0.2) is 25.6 Å². The third-order valence-electron chi connectivity index (χ3n) is 3.20. The van der Waals surface area contributed by atoms with Crippen molar-refractivity contribution < 1.29 is 18.8 Å². The van der Waals surface area contributed by atoms with E-state index >= 15 is 0 Å². The van der Waals surface area contributed by atoms with Gasteiger partial charge in [0, 0.05) is 17.8 Å². The van der Waals surface area contributed by atoms with Gasteiger partial charge in [0.1, 0.15) is 11.6 Å². The molecular formula is C14H10F2N4O2. The number of carbonyl (C=O) groups excluding carboxylic acids is 1. The van der Waals surface area contributed by atoms with Crippen LogP contribution in [0.15, 0.2) is 36.7 Å². The number of aromatic nitrogens is 3. The van der Waals surface area contributed by atoms with Crippen LogP contribution in [0.25, 0.3) is 11.0 Å². The van der Waals surface area contributed by atoms with Crippen LogP contribution in [0.4, 0.5) is 8.78 Å². The lowest BCUT2D eigenvalue weighted by molar-refractivity contribution is 0.0691. The van der Waals surface area contributed by atoms with E-state index in [0.717, 1.165) is 12.1 Å². The van der Waals surface area contributed by atoms with Gasteiger partial charge in [-0.2, -0.15) is 0 Å². The van der Waals surface area contributed by atoms with Crippen LogP contribution in [0, 0.1) is 11.6 Å². The molecule has 6 nitrogen and oxygen atoms in total. The van der Waals surface area contributed by atoms with Crippen LogP contribution in [0.3, 0.4) is 0 Å². The van der Waals surface area contributed by atoms with Gasteiger partial charge in [0.05, 0.1) is 23.8 Å².